The van der Waals surface area contributed by atoms with Crippen LogP contribution >= 0.6 is 0 Å². The quantitative estimate of drug-likeness (QED) is 0.248. The number of hydroxylamine groups is 2. The molecule has 2 aliphatic rings. The van der Waals surface area contributed by atoms with Crippen molar-refractivity contribution in [1.82, 2.24) is 9.97 Å². The second-order valence-corrected chi connectivity index (χ2v) is 8.08. The fourth-order valence-corrected chi connectivity index (χ4v) is 4.17. The highest BCUT2D eigenvalue weighted by atomic mass is 16.5. The Labute approximate surface area is 192 Å². The number of fused-ring (bicyclic) bond motifs is 3. The SMILES string of the molecule is Nc1nc2c(c(=O)[nH]1)N1CN(c3ccc(C(=O)[NH+]([O-])[C@@H](CCC(=O)O)C(=O)O)cc3)CC1CN2. The Morgan fingerprint density at radius 2 is 1.97 bits per heavy atom. The first kappa shape index (κ1) is 23.0. The van der Waals surface area contributed by atoms with Gasteiger partial charge in [0.15, 0.2) is 11.9 Å². The maximum absolute atomic E-state index is 12.5. The van der Waals surface area contributed by atoms with E-state index >= 15 is 0 Å². The van der Waals surface area contributed by atoms with Gasteiger partial charge in [0.1, 0.15) is 5.69 Å². The predicted octanol–water partition coefficient (Wildman–Crippen LogP) is -1.73. The predicted molar refractivity (Wildman–Crippen MR) is 120 cm³/mol. The van der Waals surface area contributed by atoms with E-state index in [9.17, 15) is 29.5 Å². The number of rotatable bonds is 7. The molecule has 1 saturated heterocycles. The minimum Gasteiger partial charge on any atom is -0.626 e. The van der Waals surface area contributed by atoms with Crippen molar-refractivity contribution in [2.75, 3.05) is 40.6 Å². The Morgan fingerprint density at radius 3 is 2.62 bits per heavy atom. The van der Waals surface area contributed by atoms with Crippen molar-refractivity contribution in [3.8, 4) is 0 Å². The number of hydrogen-bond donors (Lipinski definition) is 6. The van der Waals surface area contributed by atoms with E-state index in [-0.39, 0.29) is 23.1 Å². The lowest BCUT2D eigenvalue weighted by atomic mass is 10.1. The van der Waals surface area contributed by atoms with Gasteiger partial charge in [0.25, 0.3) is 5.56 Å². The lowest BCUT2D eigenvalue weighted by Crippen LogP contribution is -3.15. The first-order chi connectivity index (χ1) is 16.2. The molecule has 2 aromatic rings. The van der Waals surface area contributed by atoms with Crippen LogP contribution in [-0.2, 0) is 9.59 Å². The number of aromatic amines is 1. The molecule has 3 heterocycles. The van der Waals surface area contributed by atoms with Gasteiger partial charge >= 0.3 is 17.8 Å². The molecule has 1 amide bonds. The molecule has 0 spiro atoms. The van der Waals surface area contributed by atoms with E-state index < -0.39 is 41.8 Å². The van der Waals surface area contributed by atoms with Crippen LogP contribution in [0, 0.1) is 5.21 Å². The molecule has 0 aliphatic carbocycles. The van der Waals surface area contributed by atoms with Gasteiger partial charge in [-0.15, -0.1) is 0 Å². The monoisotopic (exact) mass is 473 g/mol. The molecule has 1 aromatic carbocycles. The number of nitrogens with zero attached hydrogens (tertiary/aromatic N) is 3. The number of H-pyrrole nitrogens is 1. The summed E-state index contributed by atoms with van der Waals surface area (Å²) in [6.45, 7) is 1.52. The molecule has 4 rings (SSSR count). The molecule has 3 atom stereocenters. The van der Waals surface area contributed by atoms with Crippen molar-refractivity contribution in [1.29, 1.82) is 0 Å². The highest BCUT2D eigenvalue weighted by molar-refractivity contribution is 5.89. The zero-order valence-electron chi connectivity index (χ0n) is 17.9. The summed E-state index contributed by atoms with van der Waals surface area (Å²) in [5.41, 5.74) is 6.41. The number of carboxylic acid groups (broad SMARTS) is 2. The third kappa shape index (κ3) is 4.35. The smallest absolute Gasteiger partial charge is 0.363 e. The van der Waals surface area contributed by atoms with Crippen molar-refractivity contribution in [3.05, 3.63) is 45.4 Å². The molecule has 0 bridgehead atoms. The summed E-state index contributed by atoms with van der Waals surface area (Å²) in [6.07, 6.45) is -1.00. The van der Waals surface area contributed by atoms with E-state index in [1.807, 2.05) is 9.80 Å². The molecule has 2 unspecified atom stereocenters. The van der Waals surface area contributed by atoms with Crippen molar-refractivity contribution in [2.24, 2.45) is 0 Å². The molecule has 14 nitrogen and oxygen atoms in total. The summed E-state index contributed by atoms with van der Waals surface area (Å²) in [7, 11) is 0. The van der Waals surface area contributed by atoms with Gasteiger partial charge in [0.2, 0.25) is 5.95 Å². The molecular formula is C20H23N7O7. The molecular weight excluding hydrogens is 450 g/mol. The van der Waals surface area contributed by atoms with Crippen LogP contribution in [0.5, 0.6) is 0 Å². The second-order valence-electron chi connectivity index (χ2n) is 8.08. The minimum atomic E-state index is -1.72. The highest BCUT2D eigenvalue weighted by Crippen LogP contribution is 2.32. The van der Waals surface area contributed by atoms with E-state index in [4.69, 9.17) is 10.8 Å². The van der Waals surface area contributed by atoms with E-state index in [0.29, 0.717) is 31.3 Å². The number of benzene rings is 1. The zero-order chi connectivity index (χ0) is 24.6. The lowest BCUT2D eigenvalue weighted by Gasteiger charge is -2.31. The van der Waals surface area contributed by atoms with Gasteiger partial charge in [-0.2, -0.15) is 4.98 Å². The lowest BCUT2D eigenvalue weighted by molar-refractivity contribution is -0.778. The van der Waals surface area contributed by atoms with Crippen molar-refractivity contribution >= 4 is 41.0 Å². The Bertz CT molecular complexity index is 1180. The number of amides is 1. The van der Waals surface area contributed by atoms with Crippen LogP contribution in [0.3, 0.4) is 0 Å². The maximum atomic E-state index is 12.5. The normalized spacial score (nSPS) is 18.4. The van der Waals surface area contributed by atoms with Gasteiger partial charge in [-0.3, -0.25) is 19.6 Å². The van der Waals surface area contributed by atoms with Gasteiger partial charge in [-0.25, -0.2) is 9.59 Å². The average Bonchev–Trinajstić information content (AvgIpc) is 3.22. The molecule has 0 saturated carbocycles. The summed E-state index contributed by atoms with van der Waals surface area (Å²) in [4.78, 5) is 57.6. The summed E-state index contributed by atoms with van der Waals surface area (Å²) in [5, 5.41) is 32.3. The second kappa shape index (κ2) is 8.99. The van der Waals surface area contributed by atoms with E-state index in [0.717, 1.165) is 5.69 Å². The van der Waals surface area contributed by atoms with Gasteiger partial charge in [0.05, 0.1) is 24.7 Å². The van der Waals surface area contributed by atoms with Crippen molar-refractivity contribution < 1.29 is 29.7 Å². The maximum Gasteiger partial charge on any atom is 0.363 e. The average molecular weight is 473 g/mol. The molecule has 34 heavy (non-hydrogen) atoms. The molecule has 1 aromatic heterocycles. The number of carbonyl (C=O) groups is 3. The fourth-order valence-electron chi connectivity index (χ4n) is 4.17. The van der Waals surface area contributed by atoms with Crippen LogP contribution < -0.4 is 31.5 Å². The van der Waals surface area contributed by atoms with Gasteiger partial charge in [-0.05, 0) is 24.3 Å². The van der Waals surface area contributed by atoms with Gasteiger partial charge in [-0.1, -0.05) is 0 Å². The fraction of sp³-hybridized carbons (Fsp3) is 0.350. The van der Waals surface area contributed by atoms with Crippen LogP contribution in [0.2, 0.25) is 0 Å². The number of aliphatic carboxylic acids is 2. The summed E-state index contributed by atoms with van der Waals surface area (Å²) >= 11 is 0. The largest absolute Gasteiger partial charge is 0.626 e. The molecule has 180 valence electrons. The number of nitrogens with one attached hydrogen (secondary N) is 3. The first-order valence-electron chi connectivity index (χ1n) is 10.4. The molecule has 7 N–H and O–H groups in total. The third-order valence-corrected chi connectivity index (χ3v) is 5.88. The van der Waals surface area contributed by atoms with Gasteiger partial charge in [0, 0.05) is 25.2 Å². The van der Waals surface area contributed by atoms with Gasteiger partial charge < -0.3 is 36.3 Å². The topological polar surface area (TPSA) is 209 Å². The molecule has 0 radical (unpaired) electrons. The Hall–Kier alpha value is -4.17. The number of aromatic nitrogens is 2. The summed E-state index contributed by atoms with van der Waals surface area (Å²) < 4.78 is 0. The van der Waals surface area contributed by atoms with Crippen LogP contribution in [0.25, 0.3) is 0 Å². The van der Waals surface area contributed by atoms with Crippen LogP contribution in [0.15, 0.2) is 29.1 Å². The Kier molecular flexibility index (Phi) is 6.08. The van der Waals surface area contributed by atoms with Crippen molar-refractivity contribution in [2.45, 2.75) is 24.9 Å². The van der Waals surface area contributed by atoms with Crippen LogP contribution in [0.4, 0.5) is 23.1 Å². The zero-order valence-corrected chi connectivity index (χ0v) is 17.9. The first-order valence-corrected chi connectivity index (χ1v) is 10.4. The number of anilines is 4. The number of nitrogen functional groups attached to an aromatic ring is 1. The number of quaternary nitrogens is 1. The van der Waals surface area contributed by atoms with E-state index in [1.165, 1.54) is 12.1 Å². The minimum absolute atomic E-state index is 0.00697. The summed E-state index contributed by atoms with van der Waals surface area (Å²) in [6, 6.07) is 4.38. The number of carbonyl (C=O) groups excluding carboxylic acids is 1. The Balaban J connectivity index is 1.48. The number of nitrogens with two attached hydrogens (primary N) is 1. The van der Waals surface area contributed by atoms with E-state index in [1.54, 1.807) is 12.1 Å². The number of carboxylic acids is 2. The molecule has 2 aliphatic heterocycles. The summed E-state index contributed by atoms with van der Waals surface area (Å²) in [5.74, 6) is -3.35. The molecule has 1 fully saturated rings. The van der Waals surface area contributed by atoms with E-state index in [2.05, 4.69) is 15.3 Å². The molecule has 14 heteroatoms. The Morgan fingerprint density at radius 1 is 1.26 bits per heavy atom. The standard InChI is InChI=1S/C20H23N7O7/c21-20-23-16-15(17(30)24-20)26-9-25(8-12(26)7-22-16)11-3-1-10(2-4-11)18(31)27(34)13(19(32)33)5-6-14(28)29/h1-4,12-13,27H,5-9H2,(H,28,29)(H,32,33)(H4,21,22,23,24,30)/t12?,13-/m0/s1. The van der Waals surface area contributed by atoms with Crippen LogP contribution in [0.1, 0.15) is 23.2 Å². The number of hydrogen-bond acceptors (Lipinski definition) is 10. The highest BCUT2D eigenvalue weighted by Gasteiger charge is 2.37. The van der Waals surface area contributed by atoms with Crippen molar-refractivity contribution in [3.63, 3.8) is 0 Å². The third-order valence-electron chi connectivity index (χ3n) is 5.88. The van der Waals surface area contributed by atoms with Crippen LogP contribution in [-0.4, -0.2) is 69.9 Å².